The molecule has 0 fully saturated rings. The number of fused-ring (bicyclic) bond motifs is 1. The summed E-state index contributed by atoms with van der Waals surface area (Å²) in [5, 5.41) is 8.43. The number of alkyl halides is 3. The lowest BCUT2D eigenvalue weighted by Gasteiger charge is -2.18. The SMILES string of the molecule is O=C(Nc1cccc(OC(F)(F)F)c1)Nc1ccc2c(c1)CCNC2. The van der Waals surface area contributed by atoms with Gasteiger partial charge in [0.15, 0.2) is 0 Å². The van der Waals surface area contributed by atoms with Crippen LogP contribution >= 0.6 is 0 Å². The number of urea groups is 1. The summed E-state index contributed by atoms with van der Waals surface area (Å²) in [5.74, 6) is -0.397. The van der Waals surface area contributed by atoms with Gasteiger partial charge in [-0.05, 0) is 48.4 Å². The van der Waals surface area contributed by atoms with E-state index in [1.54, 1.807) is 6.07 Å². The summed E-state index contributed by atoms with van der Waals surface area (Å²) < 4.78 is 40.5. The molecule has 1 heterocycles. The molecule has 2 aromatic rings. The average molecular weight is 351 g/mol. The Kier molecular flexibility index (Phi) is 4.80. The molecule has 0 unspecified atom stereocenters. The van der Waals surface area contributed by atoms with Gasteiger partial charge >= 0.3 is 12.4 Å². The first kappa shape index (κ1) is 17.1. The van der Waals surface area contributed by atoms with Crippen molar-refractivity contribution in [3.63, 3.8) is 0 Å². The van der Waals surface area contributed by atoms with E-state index in [-0.39, 0.29) is 5.69 Å². The summed E-state index contributed by atoms with van der Waals surface area (Å²) in [7, 11) is 0. The number of hydrogen-bond donors (Lipinski definition) is 3. The van der Waals surface area contributed by atoms with Gasteiger partial charge in [0.2, 0.25) is 0 Å². The van der Waals surface area contributed by atoms with Crippen LogP contribution in [-0.2, 0) is 13.0 Å². The first-order valence-corrected chi connectivity index (χ1v) is 7.65. The number of rotatable bonds is 3. The molecule has 0 bridgehead atoms. The number of amides is 2. The molecule has 2 aromatic carbocycles. The van der Waals surface area contributed by atoms with Crippen LogP contribution in [0.4, 0.5) is 29.3 Å². The number of carbonyl (C=O) groups excluding carboxylic acids is 1. The maximum absolute atomic E-state index is 12.2. The highest BCUT2D eigenvalue weighted by atomic mass is 19.4. The lowest BCUT2D eigenvalue weighted by Crippen LogP contribution is -2.24. The smallest absolute Gasteiger partial charge is 0.406 e. The van der Waals surface area contributed by atoms with Crippen molar-refractivity contribution in [2.75, 3.05) is 17.2 Å². The minimum atomic E-state index is -4.78. The van der Waals surface area contributed by atoms with Crippen molar-refractivity contribution in [3.8, 4) is 5.75 Å². The van der Waals surface area contributed by atoms with Crippen LogP contribution in [0, 0.1) is 0 Å². The largest absolute Gasteiger partial charge is 0.573 e. The van der Waals surface area contributed by atoms with E-state index in [4.69, 9.17) is 0 Å². The van der Waals surface area contributed by atoms with Gasteiger partial charge in [0, 0.05) is 24.0 Å². The Morgan fingerprint density at radius 2 is 1.80 bits per heavy atom. The fraction of sp³-hybridized carbons (Fsp3) is 0.235. The maximum atomic E-state index is 12.2. The number of anilines is 2. The predicted molar refractivity (Wildman–Crippen MR) is 87.6 cm³/mol. The minimum Gasteiger partial charge on any atom is -0.406 e. The van der Waals surface area contributed by atoms with Gasteiger partial charge in [-0.1, -0.05) is 12.1 Å². The third kappa shape index (κ3) is 4.87. The molecule has 0 spiro atoms. The molecule has 1 aliphatic rings. The van der Waals surface area contributed by atoms with Gasteiger partial charge in [0.1, 0.15) is 5.75 Å². The number of carbonyl (C=O) groups is 1. The summed E-state index contributed by atoms with van der Waals surface area (Å²) in [6.07, 6.45) is -3.90. The molecule has 0 aromatic heterocycles. The summed E-state index contributed by atoms with van der Waals surface area (Å²) in [6, 6.07) is 10.2. The van der Waals surface area contributed by atoms with E-state index in [2.05, 4.69) is 20.7 Å². The fourth-order valence-corrected chi connectivity index (χ4v) is 2.62. The Labute approximate surface area is 142 Å². The molecule has 132 valence electrons. The van der Waals surface area contributed by atoms with E-state index < -0.39 is 18.1 Å². The third-order valence-electron chi connectivity index (χ3n) is 3.68. The molecular formula is C17H16F3N3O2. The normalized spacial score (nSPS) is 13.7. The van der Waals surface area contributed by atoms with Crippen LogP contribution in [-0.4, -0.2) is 18.9 Å². The lowest BCUT2D eigenvalue weighted by molar-refractivity contribution is -0.274. The van der Waals surface area contributed by atoms with Crippen molar-refractivity contribution in [2.24, 2.45) is 0 Å². The molecule has 0 radical (unpaired) electrons. The molecule has 0 saturated carbocycles. The van der Waals surface area contributed by atoms with Crippen molar-refractivity contribution in [1.82, 2.24) is 5.32 Å². The van der Waals surface area contributed by atoms with E-state index in [1.165, 1.54) is 17.7 Å². The van der Waals surface area contributed by atoms with E-state index in [0.29, 0.717) is 5.69 Å². The van der Waals surface area contributed by atoms with Gasteiger partial charge < -0.3 is 20.7 Å². The van der Waals surface area contributed by atoms with Crippen molar-refractivity contribution in [3.05, 3.63) is 53.6 Å². The molecule has 0 atom stereocenters. The van der Waals surface area contributed by atoms with Crippen molar-refractivity contribution >= 4 is 17.4 Å². The van der Waals surface area contributed by atoms with Gasteiger partial charge in [0.05, 0.1) is 0 Å². The average Bonchev–Trinajstić information content (AvgIpc) is 2.53. The summed E-state index contributed by atoms with van der Waals surface area (Å²) in [5.41, 5.74) is 3.17. The highest BCUT2D eigenvalue weighted by molar-refractivity contribution is 5.99. The molecule has 3 rings (SSSR count). The molecular weight excluding hydrogens is 335 g/mol. The van der Waals surface area contributed by atoms with E-state index in [9.17, 15) is 18.0 Å². The Balaban J connectivity index is 1.64. The zero-order valence-corrected chi connectivity index (χ0v) is 13.1. The molecule has 2 amide bonds. The highest BCUT2D eigenvalue weighted by Crippen LogP contribution is 2.25. The molecule has 0 aliphatic carbocycles. The zero-order valence-electron chi connectivity index (χ0n) is 13.1. The predicted octanol–water partition coefficient (Wildman–Crippen LogP) is 3.87. The van der Waals surface area contributed by atoms with E-state index >= 15 is 0 Å². The van der Waals surface area contributed by atoms with Crippen molar-refractivity contribution in [2.45, 2.75) is 19.3 Å². The standard InChI is InChI=1S/C17H16F3N3O2/c18-17(19,20)25-15-3-1-2-13(9-15)22-16(24)23-14-5-4-12-10-21-7-6-11(12)8-14/h1-5,8-9,21H,6-7,10H2,(H2,22,23,24). The van der Waals surface area contributed by atoms with E-state index in [1.807, 2.05) is 12.1 Å². The Morgan fingerprint density at radius 1 is 1.04 bits per heavy atom. The summed E-state index contributed by atoms with van der Waals surface area (Å²) in [4.78, 5) is 12.0. The van der Waals surface area contributed by atoms with Crippen LogP contribution < -0.4 is 20.7 Å². The minimum absolute atomic E-state index is 0.196. The van der Waals surface area contributed by atoms with Crippen LogP contribution in [0.2, 0.25) is 0 Å². The zero-order chi connectivity index (χ0) is 17.9. The first-order chi connectivity index (χ1) is 11.9. The lowest BCUT2D eigenvalue weighted by atomic mass is 10.0. The molecule has 1 aliphatic heterocycles. The van der Waals surface area contributed by atoms with Crippen molar-refractivity contribution in [1.29, 1.82) is 0 Å². The molecule has 3 N–H and O–H groups in total. The number of nitrogens with one attached hydrogen (secondary N) is 3. The van der Waals surface area contributed by atoms with Crippen LogP contribution in [0.5, 0.6) is 5.75 Å². The highest BCUT2D eigenvalue weighted by Gasteiger charge is 2.31. The third-order valence-corrected chi connectivity index (χ3v) is 3.68. The second kappa shape index (κ2) is 7.02. The first-order valence-electron chi connectivity index (χ1n) is 7.65. The number of halogens is 3. The van der Waals surface area contributed by atoms with Gasteiger partial charge in [0.25, 0.3) is 0 Å². The summed E-state index contributed by atoms with van der Waals surface area (Å²) >= 11 is 0. The van der Waals surface area contributed by atoms with Crippen LogP contribution in [0.15, 0.2) is 42.5 Å². The number of ether oxygens (including phenoxy) is 1. The fourth-order valence-electron chi connectivity index (χ4n) is 2.62. The molecule has 25 heavy (non-hydrogen) atoms. The second-order valence-corrected chi connectivity index (χ2v) is 5.57. The van der Waals surface area contributed by atoms with Gasteiger partial charge in [-0.25, -0.2) is 4.79 Å². The van der Waals surface area contributed by atoms with Gasteiger partial charge in [-0.3, -0.25) is 0 Å². The van der Waals surface area contributed by atoms with Crippen molar-refractivity contribution < 1.29 is 22.7 Å². The molecule has 8 heteroatoms. The van der Waals surface area contributed by atoms with Gasteiger partial charge in [-0.2, -0.15) is 0 Å². The number of benzene rings is 2. The monoisotopic (exact) mass is 351 g/mol. The van der Waals surface area contributed by atoms with E-state index in [0.717, 1.165) is 37.2 Å². The summed E-state index contributed by atoms with van der Waals surface area (Å²) in [6.45, 7) is 1.68. The molecule has 0 saturated heterocycles. The van der Waals surface area contributed by atoms with Gasteiger partial charge in [-0.15, -0.1) is 13.2 Å². The Bertz CT molecular complexity index is 778. The molecule has 5 nitrogen and oxygen atoms in total. The Morgan fingerprint density at radius 3 is 2.56 bits per heavy atom. The number of hydrogen-bond acceptors (Lipinski definition) is 3. The maximum Gasteiger partial charge on any atom is 0.573 e. The second-order valence-electron chi connectivity index (χ2n) is 5.57. The van der Waals surface area contributed by atoms with Crippen LogP contribution in [0.25, 0.3) is 0 Å². The topological polar surface area (TPSA) is 62.4 Å². The Hall–Kier alpha value is -2.74. The quantitative estimate of drug-likeness (QED) is 0.787. The van der Waals surface area contributed by atoms with Crippen LogP contribution in [0.3, 0.4) is 0 Å². The van der Waals surface area contributed by atoms with Crippen LogP contribution in [0.1, 0.15) is 11.1 Å².